The lowest BCUT2D eigenvalue weighted by atomic mass is 10.1. The summed E-state index contributed by atoms with van der Waals surface area (Å²) in [5.74, 6) is 1.50. The molecule has 1 aliphatic heterocycles. The van der Waals surface area contributed by atoms with E-state index in [4.69, 9.17) is 4.74 Å². The van der Waals surface area contributed by atoms with E-state index in [-0.39, 0.29) is 0 Å². The predicted molar refractivity (Wildman–Crippen MR) is 102 cm³/mol. The fourth-order valence-corrected chi connectivity index (χ4v) is 3.55. The maximum atomic E-state index is 5.41. The van der Waals surface area contributed by atoms with E-state index >= 15 is 0 Å². The highest BCUT2D eigenvalue weighted by Crippen LogP contribution is 2.15. The van der Waals surface area contributed by atoms with Gasteiger partial charge >= 0.3 is 0 Å². The van der Waals surface area contributed by atoms with Crippen molar-refractivity contribution in [3.05, 3.63) is 22.4 Å². The van der Waals surface area contributed by atoms with Crippen molar-refractivity contribution in [3.63, 3.8) is 0 Å². The second kappa shape index (κ2) is 9.44. The molecule has 1 fully saturated rings. The Balaban J connectivity index is 1.79. The molecule has 0 spiro atoms. The lowest BCUT2D eigenvalue weighted by Crippen LogP contribution is -2.44. The second-order valence-electron chi connectivity index (χ2n) is 6.56. The van der Waals surface area contributed by atoms with Gasteiger partial charge in [-0.1, -0.05) is 6.92 Å². The third kappa shape index (κ3) is 5.79. The third-order valence-electron chi connectivity index (χ3n) is 4.33. The summed E-state index contributed by atoms with van der Waals surface area (Å²) < 4.78 is 8.65. The van der Waals surface area contributed by atoms with Gasteiger partial charge in [-0.05, 0) is 27.9 Å². The van der Waals surface area contributed by atoms with E-state index in [0.29, 0.717) is 5.92 Å². The van der Waals surface area contributed by atoms with Crippen LogP contribution in [0.15, 0.2) is 21.7 Å². The summed E-state index contributed by atoms with van der Waals surface area (Å²) in [5.41, 5.74) is 1.24. The minimum Gasteiger partial charge on any atom is -0.379 e. The number of ether oxygens (including phenoxy) is 1. The highest BCUT2D eigenvalue weighted by Gasteiger charge is 2.15. The van der Waals surface area contributed by atoms with Gasteiger partial charge in [-0.3, -0.25) is 9.89 Å². The molecule has 7 heteroatoms. The molecule has 1 atom stereocenters. The number of rotatable bonds is 6. The average Bonchev–Trinajstić information content (AvgIpc) is 2.86. The molecule has 6 nitrogen and oxygen atoms in total. The zero-order valence-corrected chi connectivity index (χ0v) is 16.8. The normalized spacial score (nSPS) is 17.8. The first-order chi connectivity index (χ1) is 11.5. The minimum absolute atomic E-state index is 0.567. The molecule has 2 heterocycles. The van der Waals surface area contributed by atoms with Crippen LogP contribution in [0.1, 0.15) is 12.6 Å². The molecule has 0 saturated carbocycles. The van der Waals surface area contributed by atoms with Crippen LogP contribution >= 0.6 is 15.9 Å². The van der Waals surface area contributed by atoms with E-state index in [1.54, 1.807) is 0 Å². The molecule has 0 radical (unpaired) electrons. The summed E-state index contributed by atoms with van der Waals surface area (Å²) in [5, 5.41) is 3.50. The number of nitrogens with one attached hydrogen (secondary N) is 1. The molecule has 1 unspecified atom stereocenters. The largest absolute Gasteiger partial charge is 0.379 e. The van der Waals surface area contributed by atoms with Crippen LogP contribution in [0.5, 0.6) is 0 Å². The van der Waals surface area contributed by atoms with Gasteiger partial charge in [-0.2, -0.15) is 0 Å². The molecule has 1 saturated heterocycles. The van der Waals surface area contributed by atoms with E-state index in [1.807, 2.05) is 7.05 Å². The van der Waals surface area contributed by atoms with Crippen LogP contribution in [0.3, 0.4) is 0 Å². The van der Waals surface area contributed by atoms with Crippen molar-refractivity contribution in [2.24, 2.45) is 18.0 Å². The number of aliphatic imine (C=N–C) groups is 1. The molecule has 2 rings (SSSR count). The number of aryl methyl sites for hydroxylation is 1. The van der Waals surface area contributed by atoms with E-state index in [1.165, 1.54) is 5.69 Å². The topological polar surface area (TPSA) is 45.0 Å². The van der Waals surface area contributed by atoms with Gasteiger partial charge in [0.1, 0.15) is 0 Å². The van der Waals surface area contributed by atoms with Crippen molar-refractivity contribution >= 4 is 21.9 Å². The Morgan fingerprint density at radius 1 is 1.46 bits per heavy atom. The predicted octanol–water partition coefficient (Wildman–Crippen LogP) is 1.76. The third-order valence-corrected chi connectivity index (χ3v) is 4.76. The molecule has 0 amide bonds. The molecular formula is C17H30BrN5O. The van der Waals surface area contributed by atoms with E-state index < -0.39 is 0 Å². The summed E-state index contributed by atoms with van der Waals surface area (Å²) in [4.78, 5) is 9.05. The monoisotopic (exact) mass is 399 g/mol. The summed E-state index contributed by atoms with van der Waals surface area (Å²) in [6.45, 7) is 8.92. The smallest absolute Gasteiger partial charge is 0.193 e. The van der Waals surface area contributed by atoms with Crippen LogP contribution in [-0.2, 0) is 18.3 Å². The Kier molecular flexibility index (Phi) is 7.58. The Hall–Kier alpha value is -1.05. The van der Waals surface area contributed by atoms with Crippen molar-refractivity contribution in [2.45, 2.75) is 13.5 Å². The van der Waals surface area contributed by atoms with Gasteiger partial charge in [0.25, 0.3) is 0 Å². The lowest BCUT2D eigenvalue weighted by Gasteiger charge is -2.30. The fourth-order valence-electron chi connectivity index (χ4n) is 2.98. The van der Waals surface area contributed by atoms with Gasteiger partial charge < -0.3 is 19.5 Å². The SMILES string of the molecule is CN=C(NCC(C)CN1CCOCC1)N(C)Cc1cc(Br)cn1C. The first-order valence-electron chi connectivity index (χ1n) is 8.52. The second-order valence-corrected chi connectivity index (χ2v) is 7.48. The Morgan fingerprint density at radius 3 is 2.75 bits per heavy atom. The van der Waals surface area contributed by atoms with Gasteiger partial charge in [0.2, 0.25) is 0 Å². The van der Waals surface area contributed by atoms with Crippen LogP contribution in [0.25, 0.3) is 0 Å². The number of halogens is 1. The molecule has 0 aromatic carbocycles. The number of guanidine groups is 1. The van der Waals surface area contributed by atoms with Crippen molar-refractivity contribution in [1.82, 2.24) is 19.7 Å². The lowest BCUT2D eigenvalue weighted by molar-refractivity contribution is 0.0320. The molecular weight excluding hydrogens is 370 g/mol. The molecule has 136 valence electrons. The standard InChI is InChI=1S/C17H30BrN5O/c1-14(11-23-5-7-24-8-6-23)10-20-17(19-2)22(4)13-16-9-15(18)12-21(16)3/h9,12,14H,5-8,10-11,13H2,1-4H3,(H,19,20). The molecule has 0 aliphatic carbocycles. The van der Waals surface area contributed by atoms with Crippen LogP contribution in [0.2, 0.25) is 0 Å². The van der Waals surface area contributed by atoms with Gasteiger partial charge in [0.15, 0.2) is 5.96 Å². The molecule has 1 aromatic rings. The van der Waals surface area contributed by atoms with Crippen LogP contribution < -0.4 is 5.32 Å². The zero-order valence-electron chi connectivity index (χ0n) is 15.3. The first kappa shape index (κ1) is 19.3. The number of nitrogens with zero attached hydrogens (tertiary/aromatic N) is 4. The van der Waals surface area contributed by atoms with E-state index in [9.17, 15) is 0 Å². The summed E-state index contributed by atoms with van der Waals surface area (Å²) in [6.07, 6.45) is 2.07. The molecule has 24 heavy (non-hydrogen) atoms. The summed E-state index contributed by atoms with van der Waals surface area (Å²) in [6, 6.07) is 2.14. The van der Waals surface area contributed by atoms with Crippen LogP contribution in [-0.4, -0.2) is 73.8 Å². The van der Waals surface area contributed by atoms with E-state index in [0.717, 1.165) is 56.4 Å². The Labute approximate surface area is 154 Å². The van der Waals surface area contributed by atoms with Crippen LogP contribution in [0, 0.1) is 5.92 Å². The molecule has 1 aliphatic rings. The number of hydrogen-bond acceptors (Lipinski definition) is 3. The van der Waals surface area contributed by atoms with Crippen molar-refractivity contribution < 1.29 is 4.74 Å². The van der Waals surface area contributed by atoms with Gasteiger partial charge in [-0.15, -0.1) is 0 Å². The van der Waals surface area contributed by atoms with Crippen molar-refractivity contribution in [3.8, 4) is 0 Å². The maximum Gasteiger partial charge on any atom is 0.193 e. The Bertz CT molecular complexity index is 539. The number of aromatic nitrogens is 1. The quantitative estimate of drug-likeness (QED) is 0.584. The van der Waals surface area contributed by atoms with Crippen molar-refractivity contribution in [2.75, 3.05) is 53.5 Å². The number of morpholine rings is 1. The van der Waals surface area contributed by atoms with E-state index in [2.05, 4.69) is 73.9 Å². The summed E-state index contributed by atoms with van der Waals surface area (Å²) >= 11 is 3.53. The van der Waals surface area contributed by atoms with Gasteiger partial charge in [0.05, 0.1) is 19.8 Å². The minimum atomic E-state index is 0.567. The maximum absolute atomic E-state index is 5.41. The highest BCUT2D eigenvalue weighted by atomic mass is 79.9. The van der Waals surface area contributed by atoms with Gasteiger partial charge in [-0.25, -0.2) is 0 Å². The zero-order chi connectivity index (χ0) is 17.5. The molecule has 1 aromatic heterocycles. The number of hydrogen-bond donors (Lipinski definition) is 1. The fraction of sp³-hybridized carbons (Fsp3) is 0.706. The Morgan fingerprint density at radius 2 is 2.17 bits per heavy atom. The molecule has 0 bridgehead atoms. The van der Waals surface area contributed by atoms with Crippen LogP contribution in [0.4, 0.5) is 0 Å². The highest BCUT2D eigenvalue weighted by molar-refractivity contribution is 9.10. The van der Waals surface area contributed by atoms with Gasteiger partial charge in [0, 0.05) is 63.7 Å². The summed E-state index contributed by atoms with van der Waals surface area (Å²) in [7, 11) is 5.98. The first-order valence-corrected chi connectivity index (χ1v) is 9.31. The average molecular weight is 400 g/mol. The van der Waals surface area contributed by atoms with Crippen molar-refractivity contribution in [1.29, 1.82) is 0 Å². The molecule has 1 N–H and O–H groups in total.